The number of ether oxygens (including phenoxy) is 1. The molecule has 0 saturated carbocycles. The fourth-order valence-electron chi connectivity index (χ4n) is 2.33. The van der Waals surface area contributed by atoms with Crippen LogP contribution in [0.2, 0.25) is 5.02 Å². The van der Waals surface area contributed by atoms with E-state index in [2.05, 4.69) is 0 Å². The molecule has 0 radical (unpaired) electrons. The van der Waals surface area contributed by atoms with E-state index in [0.717, 1.165) is 0 Å². The van der Waals surface area contributed by atoms with Gasteiger partial charge in [-0.15, -0.1) is 0 Å². The normalized spacial score (nSPS) is 11.0. The van der Waals surface area contributed by atoms with Crippen molar-refractivity contribution in [3.05, 3.63) is 57.6 Å². The Morgan fingerprint density at radius 1 is 1.13 bits per heavy atom. The number of halogens is 1. The monoisotopic (exact) mass is 332 g/mol. The molecular formula is C18H17ClO4. The number of hydrogen-bond acceptors (Lipinski definition) is 4. The number of ketones is 1. The zero-order chi connectivity index (χ0) is 17.1. The Balaban J connectivity index is 2.50. The molecule has 23 heavy (non-hydrogen) atoms. The van der Waals surface area contributed by atoms with Gasteiger partial charge in [-0.25, -0.2) is 0 Å². The highest BCUT2D eigenvalue weighted by Gasteiger charge is 2.23. The number of rotatable bonds is 4. The van der Waals surface area contributed by atoms with Crippen molar-refractivity contribution in [1.82, 2.24) is 0 Å². The van der Waals surface area contributed by atoms with Crippen LogP contribution in [0.1, 0.15) is 27.0 Å². The van der Waals surface area contributed by atoms with Gasteiger partial charge in [0, 0.05) is 16.1 Å². The van der Waals surface area contributed by atoms with Gasteiger partial charge in [-0.05, 0) is 37.6 Å². The fraction of sp³-hybridized carbons (Fsp3) is 0.167. The van der Waals surface area contributed by atoms with E-state index < -0.39 is 5.78 Å². The van der Waals surface area contributed by atoms with E-state index in [1.165, 1.54) is 20.1 Å². The summed E-state index contributed by atoms with van der Waals surface area (Å²) in [4.78, 5) is 12.5. The zero-order valence-corrected chi connectivity index (χ0v) is 13.8. The lowest BCUT2D eigenvalue weighted by molar-refractivity contribution is 0.104. The predicted octanol–water partition coefficient (Wildman–Crippen LogP) is 4.27. The van der Waals surface area contributed by atoms with Gasteiger partial charge in [0.05, 0.1) is 7.11 Å². The second-order valence-corrected chi connectivity index (χ2v) is 5.48. The van der Waals surface area contributed by atoms with Gasteiger partial charge in [0.15, 0.2) is 5.78 Å². The number of aromatic hydroxyl groups is 2. The molecule has 2 N–H and O–H groups in total. The molecule has 2 rings (SSSR count). The van der Waals surface area contributed by atoms with Gasteiger partial charge in [-0.3, -0.25) is 4.79 Å². The maximum absolute atomic E-state index is 12.5. The van der Waals surface area contributed by atoms with Crippen molar-refractivity contribution in [2.75, 3.05) is 7.11 Å². The smallest absolute Gasteiger partial charge is 0.193 e. The van der Waals surface area contributed by atoms with Gasteiger partial charge in [-0.2, -0.15) is 0 Å². The standard InChI is InChI=1S/C18H17ClO4/c1-10-16(21)11(2)18(23-3)15(17(10)22)14(20)9-8-12-6-4-5-7-13(12)19/h4-9,21-22H,1-3H3. The van der Waals surface area contributed by atoms with Gasteiger partial charge in [0.1, 0.15) is 22.8 Å². The Hall–Kier alpha value is -2.46. The third-order valence-electron chi connectivity index (χ3n) is 3.64. The largest absolute Gasteiger partial charge is 0.507 e. The van der Waals surface area contributed by atoms with Crippen molar-refractivity contribution >= 4 is 23.5 Å². The highest BCUT2D eigenvalue weighted by atomic mass is 35.5. The van der Waals surface area contributed by atoms with Crippen molar-refractivity contribution in [2.24, 2.45) is 0 Å². The van der Waals surface area contributed by atoms with Crippen LogP contribution in [0.3, 0.4) is 0 Å². The Morgan fingerprint density at radius 3 is 2.39 bits per heavy atom. The molecule has 0 heterocycles. The zero-order valence-electron chi connectivity index (χ0n) is 13.1. The van der Waals surface area contributed by atoms with Crippen LogP contribution in [0.4, 0.5) is 0 Å². The van der Waals surface area contributed by atoms with Crippen molar-refractivity contribution in [1.29, 1.82) is 0 Å². The summed E-state index contributed by atoms with van der Waals surface area (Å²) >= 11 is 6.05. The Morgan fingerprint density at radius 2 is 1.78 bits per heavy atom. The highest BCUT2D eigenvalue weighted by Crippen LogP contribution is 2.41. The molecule has 0 aliphatic rings. The molecule has 120 valence electrons. The first-order chi connectivity index (χ1) is 10.9. The van der Waals surface area contributed by atoms with Gasteiger partial charge < -0.3 is 14.9 Å². The molecule has 2 aromatic carbocycles. The molecule has 0 unspecified atom stereocenters. The van der Waals surface area contributed by atoms with Gasteiger partial charge in [0.2, 0.25) is 0 Å². The molecular weight excluding hydrogens is 316 g/mol. The van der Waals surface area contributed by atoms with Crippen molar-refractivity contribution < 1.29 is 19.7 Å². The van der Waals surface area contributed by atoms with Crippen LogP contribution < -0.4 is 4.74 Å². The summed E-state index contributed by atoms with van der Waals surface area (Å²) in [6.45, 7) is 3.15. The molecule has 0 fully saturated rings. The maximum atomic E-state index is 12.5. The van der Waals surface area contributed by atoms with Crippen LogP contribution in [0.15, 0.2) is 30.3 Å². The number of methoxy groups -OCH3 is 1. The van der Waals surface area contributed by atoms with Crippen LogP contribution in [0.25, 0.3) is 6.08 Å². The lowest BCUT2D eigenvalue weighted by Gasteiger charge is -2.15. The topological polar surface area (TPSA) is 66.8 Å². The Bertz CT molecular complexity index is 794. The maximum Gasteiger partial charge on any atom is 0.193 e. The van der Waals surface area contributed by atoms with Crippen molar-refractivity contribution in [3.63, 3.8) is 0 Å². The molecule has 5 heteroatoms. The second kappa shape index (κ2) is 6.75. The lowest BCUT2D eigenvalue weighted by atomic mass is 9.98. The third-order valence-corrected chi connectivity index (χ3v) is 3.98. The van der Waals surface area contributed by atoms with E-state index in [9.17, 15) is 15.0 Å². The number of carbonyl (C=O) groups excluding carboxylic acids is 1. The molecule has 0 atom stereocenters. The summed E-state index contributed by atoms with van der Waals surface area (Å²) < 4.78 is 5.19. The van der Waals surface area contributed by atoms with Crippen LogP contribution in [-0.2, 0) is 0 Å². The van der Waals surface area contributed by atoms with Gasteiger partial charge >= 0.3 is 0 Å². The van der Waals surface area contributed by atoms with Crippen molar-refractivity contribution in [3.8, 4) is 17.2 Å². The first-order valence-electron chi connectivity index (χ1n) is 6.94. The molecule has 0 aliphatic heterocycles. The summed E-state index contributed by atoms with van der Waals surface area (Å²) in [5.74, 6) is -0.672. The molecule has 2 aromatic rings. The number of benzene rings is 2. The van der Waals surface area contributed by atoms with E-state index in [1.54, 1.807) is 31.2 Å². The predicted molar refractivity (Wildman–Crippen MR) is 90.6 cm³/mol. The summed E-state index contributed by atoms with van der Waals surface area (Å²) in [7, 11) is 1.38. The molecule has 0 aromatic heterocycles. The van der Waals surface area contributed by atoms with E-state index in [-0.39, 0.29) is 28.4 Å². The van der Waals surface area contributed by atoms with E-state index in [1.807, 2.05) is 6.07 Å². The minimum Gasteiger partial charge on any atom is -0.507 e. The summed E-state index contributed by atoms with van der Waals surface area (Å²) in [5, 5.41) is 20.7. The number of hydrogen-bond donors (Lipinski definition) is 2. The number of phenolic OH excluding ortho intramolecular Hbond substituents is 2. The summed E-state index contributed by atoms with van der Waals surface area (Å²) in [6, 6.07) is 7.10. The van der Waals surface area contributed by atoms with Gasteiger partial charge in [0.25, 0.3) is 0 Å². The first-order valence-corrected chi connectivity index (χ1v) is 7.32. The summed E-state index contributed by atoms with van der Waals surface area (Å²) in [6.07, 6.45) is 2.88. The number of carbonyl (C=O) groups is 1. The molecule has 0 aliphatic carbocycles. The van der Waals surface area contributed by atoms with Crippen LogP contribution >= 0.6 is 11.6 Å². The SMILES string of the molecule is COc1c(C)c(O)c(C)c(O)c1C(=O)C=Cc1ccccc1Cl. The van der Waals surface area contributed by atoms with E-state index in [0.29, 0.717) is 16.1 Å². The quantitative estimate of drug-likeness (QED) is 0.648. The minimum atomic E-state index is -0.439. The molecule has 4 nitrogen and oxygen atoms in total. The van der Waals surface area contributed by atoms with Crippen molar-refractivity contribution in [2.45, 2.75) is 13.8 Å². The second-order valence-electron chi connectivity index (χ2n) is 5.07. The highest BCUT2D eigenvalue weighted by molar-refractivity contribution is 6.32. The third kappa shape index (κ3) is 3.17. The average molecular weight is 333 g/mol. The fourth-order valence-corrected chi connectivity index (χ4v) is 2.53. The Labute approximate surface area is 139 Å². The average Bonchev–Trinajstić information content (AvgIpc) is 2.55. The van der Waals surface area contributed by atoms with Crippen LogP contribution in [0.5, 0.6) is 17.2 Å². The molecule has 0 amide bonds. The Kier molecular flexibility index (Phi) is 4.96. The minimum absolute atomic E-state index is 0.0172. The molecule has 0 saturated heterocycles. The molecule has 0 bridgehead atoms. The number of allylic oxidation sites excluding steroid dienone is 1. The summed E-state index contributed by atoms with van der Waals surface area (Å²) in [5.41, 5.74) is 1.34. The first kappa shape index (κ1) is 16.9. The van der Waals surface area contributed by atoms with Gasteiger partial charge in [-0.1, -0.05) is 29.8 Å². The lowest BCUT2D eigenvalue weighted by Crippen LogP contribution is -2.03. The van der Waals surface area contributed by atoms with E-state index >= 15 is 0 Å². The van der Waals surface area contributed by atoms with Crippen LogP contribution in [0, 0.1) is 13.8 Å². The number of phenols is 2. The van der Waals surface area contributed by atoms with Crippen LogP contribution in [-0.4, -0.2) is 23.1 Å². The molecule has 0 spiro atoms. The van der Waals surface area contributed by atoms with E-state index in [4.69, 9.17) is 16.3 Å².